The fourth-order valence-corrected chi connectivity index (χ4v) is 0. The van der Waals surface area contributed by atoms with Gasteiger partial charge in [0.15, 0.2) is 0 Å². The lowest BCUT2D eigenvalue weighted by Crippen LogP contribution is -1.76. The van der Waals surface area contributed by atoms with Crippen LogP contribution >= 0.6 is 0 Å². The van der Waals surface area contributed by atoms with E-state index in [1.807, 2.05) is 0 Å². The number of rotatable bonds is 1. The monoisotopic (exact) mass is 69.1 g/mol. The predicted octanol–water partition coefficient (Wildman–Crippen LogP) is 1.11. The summed E-state index contributed by atoms with van der Waals surface area (Å²) in [6.45, 7) is 4.25. The quantitative estimate of drug-likeness (QED) is 0.404. The molecule has 1 atom stereocenters. The summed E-state index contributed by atoms with van der Waals surface area (Å²) in [6, 6.07) is 0. The zero-order valence-electron chi connectivity index (χ0n) is 3.99. The molecule has 0 aliphatic carbocycles. The van der Waals surface area contributed by atoms with Crippen molar-refractivity contribution in [3.8, 4) is 0 Å². The van der Waals surface area contributed by atoms with Gasteiger partial charge in [0.1, 0.15) is 0 Å². The number of hydrogen-bond donors (Lipinski definition) is 0. The van der Waals surface area contributed by atoms with Crippen molar-refractivity contribution < 1.29 is 0 Å². The van der Waals surface area contributed by atoms with Gasteiger partial charge in [0.05, 0.1) is 7.85 Å². The summed E-state index contributed by atoms with van der Waals surface area (Å²) in [7, 11) is 3.76. The van der Waals surface area contributed by atoms with Gasteiger partial charge in [-0.2, -0.15) is 0 Å². The number of hydrogen-bond acceptors (Lipinski definition) is 0. The molecule has 0 aromatic carbocycles. The van der Waals surface area contributed by atoms with Crippen LogP contribution in [0.2, 0.25) is 5.82 Å². The molecule has 0 aromatic heterocycles. The fraction of sp³-hybridized carbons (Fsp3) is 1.00. The van der Waals surface area contributed by atoms with Crippen molar-refractivity contribution in [3.05, 3.63) is 0 Å². The maximum atomic E-state index is 3.76. The highest BCUT2D eigenvalue weighted by atomic mass is 13.8. The smallest absolute Gasteiger partial charge is 0.0763 e. The largest absolute Gasteiger partial charge is 0.0904 e. The summed E-state index contributed by atoms with van der Waals surface area (Å²) in [5, 5.41) is 0. The SMILES string of the molecule is [BH]C(C)CC. The molecule has 0 rings (SSSR count). The average molecular weight is 68.9 g/mol. The molecule has 1 unspecified atom stereocenters. The summed E-state index contributed by atoms with van der Waals surface area (Å²) < 4.78 is 0. The maximum absolute atomic E-state index is 3.76. The van der Waals surface area contributed by atoms with E-state index in [0.717, 1.165) is 0 Å². The van der Waals surface area contributed by atoms with E-state index in [2.05, 4.69) is 21.7 Å². The summed E-state index contributed by atoms with van der Waals surface area (Å²) in [5.41, 5.74) is 0. The first-order valence-electron chi connectivity index (χ1n) is 2.10. The molecule has 0 nitrogen and oxygen atoms in total. The highest BCUT2D eigenvalue weighted by Gasteiger charge is 1.80. The lowest BCUT2D eigenvalue weighted by molar-refractivity contribution is 0.880. The Balaban J connectivity index is 2.54. The molecule has 1 heteroatoms. The predicted molar refractivity (Wildman–Crippen MR) is 26.9 cm³/mol. The van der Waals surface area contributed by atoms with E-state index in [9.17, 15) is 0 Å². The lowest BCUT2D eigenvalue weighted by atomic mass is 9.88. The van der Waals surface area contributed by atoms with Gasteiger partial charge in [-0.05, 0) is 0 Å². The third-order valence-corrected chi connectivity index (χ3v) is 0.697. The first-order chi connectivity index (χ1) is 2.27. The molecule has 0 aliphatic rings. The van der Waals surface area contributed by atoms with Gasteiger partial charge in [-0.15, -0.1) is 0 Å². The van der Waals surface area contributed by atoms with E-state index < -0.39 is 0 Å². The Morgan fingerprint density at radius 2 is 2.00 bits per heavy atom. The van der Waals surface area contributed by atoms with Gasteiger partial charge < -0.3 is 0 Å². The molecule has 1 radical (unpaired) electrons. The van der Waals surface area contributed by atoms with Gasteiger partial charge in [0.2, 0.25) is 0 Å². The normalized spacial score (nSPS) is 14.8. The van der Waals surface area contributed by atoms with Crippen molar-refractivity contribution in [2.45, 2.75) is 26.1 Å². The molecule has 0 fully saturated rings. The van der Waals surface area contributed by atoms with Gasteiger partial charge in [0.25, 0.3) is 0 Å². The molecule has 0 aromatic rings. The highest BCUT2D eigenvalue weighted by molar-refractivity contribution is 6.11. The zero-order chi connectivity index (χ0) is 4.28. The topological polar surface area (TPSA) is 0 Å². The molecule has 0 N–H and O–H groups in total. The Hall–Kier alpha value is 0.0649. The molecule has 0 saturated carbocycles. The van der Waals surface area contributed by atoms with Crippen molar-refractivity contribution >= 4 is 7.85 Å². The molecule has 29 valence electrons. The summed E-state index contributed by atoms with van der Waals surface area (Å²) in [5.74, 6) is 0.634. The first-order valence-corrected chi connectivity index (χ1v) is 2.10. The van der Waals surface area contributed by atoms with E-state index in [1.165, 1.54) is 6.42 Å². The van der Waals surface area contributed by atoms with Crippen LogP contribution in [0.4, 0.5) is 0 Å². The Kier molecular flexibility index (Phi) is 2.34. The van der Waals surface area contributed by atoms with Crippen LogP contribution in [-0.2, 0) is 0 Å². The Bertz CT molecular complexity index is 17.6. The van der Waals surface area contributed by atoms with Gasteiger partial charge in [-0.3, -0.25) is 0 Å². The van der Waals surface area contributed by atoms with Gasteiger partial charge in [-0.25, -0.2) is 0 Å². The van der Waals surface area contributed by atoms with Crippen LogP contribution < -0.4 is 0 Å². The van der Waals surface area contributed by atoms with Crippen molar-refractivity contribution in [3.63, 3.8) is 0 Å². The van der Waals surface area contributed by atoms with Crippen LogP contribution in [0, 0.1) is 0 Å². The van der Waals surface area contributed by atoms with Crippen molar-refractivity contribution in [2.75, 3.05) is 0 Å². The molecule has 5 heavy (non-hydrogen) atoms. The third-order valence-electron chi connectivity index (χ3n) is 0.697. The van der Waals surface area contributed by atoms with Crippen molar-refractivity contribution in [1.82, 2.24) is 0 Å². The Morgan fingerprint density at radius 1 is 1.80 bits per heavy atom. The molecular weight excluding hydrogens is 58.9 g/mol. The minimum atomic E-state index is 0.634. The van der Waals surface area contributed by atoms with Crippen LogP contribution in [0.1, 0.15) is 20.3 Å². The fourth-order valence-electron chi connectivity index (χ4n) is 0. The zero-order valence-corrected chi connectivity index (χ0v) is 3.99. The van der Waals surface area contributed by atoms with Crippen LogP contribution in [-0.4, -0.2) is 7.85 Å². The van der Waals surface area contributed by atoms with Crippen LogP contribution in [0.25, 0.3) is 0 Å². The summed E-state index contributed by atoms with van der Waals surface area (Å²) in [4.78, 5) is 0. The van der Waals surface area contributed by atoms with E-state index in [4.69, 9.17) is 0 Å². The summed E-state index contributed by atoms with van der Waals surface area (Å²) in [6.07, 6.45) is 1.19. The van der Waals surface area contributed by atoms with Gasteiger partial charge in [0, 0.05) is 0 Å². The maximum Gasteiger partial charge on any atom is 0.0904 e. The van der Waals surface area contributed by atoms with E-state index in [1.54, 1.807) is 0 Å². The van der Waals surface area contributed by atoms with Crippen LogP contribution in [0.5, 0.6) is 0 Å². The first kappa shape index (κ1) is 5.06. The van der Waals surface area contributed by atoms with Crippen LogP contribution in [0.3, 0.4) is 0 Å². The van der Waals surface area contributed by atoms with Crippen LogP contribution in [0.15, 0.2) is 0 Å². The molecule has 0 heterocycles. The molecule has 0 aliphatic heterocycles. The van der Waals surface area contributed by atoms with E-state index in [0.29, 0.717) is 5.82 Å². The van der Waals surface area contributed by atoms with Gasteiger partial charge in [-0.1, -0.05) is 26.1 Å². The van der Waals surface area contributed by atoms with Crippen molar-refractivity contribution in [1.29, 1.82) is 0 Å². The van der Waals surface area contributed by atoms with Crippen molar-refractivity contribution in [2.24, 2.45) is 0 Å². The molecule has 0 saturated heterocycles. The molecule has 0 spiro atoms. The molecular formula is C4H10B. The lowest BCUT2D eigenvalue weighted by Gasteiger charge is -1.90. The highest BCUT2D eigenvalue weighted by Crippen LogP contribution is 1.97. The second-order valence-electron chi connectivity index (χ2n) is 1.51. The van der Waals surface area contributed by atoms with E-state index >= 15 is 0 Å². The van der Waals surface area contributed by atoms with E-state index in [-0.39, 0.29) is 0 Å². The molecule has 0 amide bonds. The third kappa shape index (κ3) is 4.06. The van der Waals surface area contributed by atoms with Gasteiger partial charge >= 0.3 is 0 Å². The minimum absolute atomic E-state index is 0.634. The second kappa shape index (κ2) is 2.31. The standard InChI is InChI=1S/C4H10B/c1-3-4(2)5/h4-5H,3H2,1-2H3. The minimum Gasteiger partial charge on any atom is -0.0763 e. The average Bonchev–Trinajstić information content (AvgIpc) is 1.38. The Labute approximate surface area is 35.0 Å². The second-order valence-corrected chi connectivity index (χ2v) is 1.51. The Morgan fingerprint density at radius 3 is 2.00 bits per heavy atom. The summed E-state index contributed by atoms with van der Waals surface area (Å²) >= 11 is 0. The molecule has 0 bridgehead atoms.